The molecule has 4 heteroatoms. The number of rotatable bonds is 5. The molecule has 1 aliphatic rings. The Kier molecular flexibility index (Phi) is 4.39. The predicted octanol–water partition coefficient (Wildman–Crippen LogP) is 0.942. The van der Waals surface area contributed by atoms with E-state index in [1.165, 1.54) is 0 Å². The smallest absolute Gasteiger partial charge is 0.319 e. The van der Waals surface area contributed by atoms with Crippen LogP contribution in [0.15, 0.2) is 0 Å². The van der Waals surface area contributed by atoms with Gasteiger partial charge in [0, 0.05) is 39.8 Å². The normalized spacial score (nSPS) is 17.3. The first-order chi connectivity index (χ1) is 7.00. The maximum absolute atomic E-state index is 11.6. The zero-order valence-corrected chi connectivity index (χ0v) is 10.4. The molecule has 0 bridgehead atoms. The molecular weight excluding hydrogens is 190 g/mol. The van der Waals surface area contributed by atoms with E-state index in [0.29, 0.717) is 5.92 Å². The van der Waals surface area contributed by atoms with Crippen LogP contribution in [0.5, 0.6) is 0 Å². The van der Waals surface area contributed by atoms with E-state index in [2.05, 4.69) is 25.8 Å². The average molecular weight is 213 g/mol. The third-order valence-electron chi connectivity index (χ3n) is 2.73. The summed E-state index contributed by atoms with van der Waals surface area (Å²) >= 11 is 0. The minimum absolute atomic E-state index is 0.174. The Morgan fingerprint density at radius 2 is 2.07 bits per heavy atom. The van der Waals surface area contributed by atoms with Crippen LogP contribution in [0.1, 0.15) is 13.8 Å². The van der Waals surface area contributed by atoms with E-state index in [1.807, 2.05) is 11.9 Å². The number of likely N-dealkylation sites (N-methyl/N-ethyl adjacent to an activating group) is 2. The molecular formula is C11H23N3O. The molecule has 1 aliphatic heterocycles. The first-order valence-electron chi connectivity index (χ1n) is 5.69. The topological polar surface area (TPSA) is 26.8 Å². The molecule has 0 aromatic rings. The molecule has 1 heterocycles. The van der Waals surface area contributed by atoms with Gasteiger partial charge < -0.3 is 14.7 Å². The average Bonchev–Trinajstić information content (AvgIpc) is 2.44. The number of urea groups is 1. The summed E-state index contributed by atoms with van der Waals surface area (Å²) in [4.78, 5) is 17.6. The van der Waals surface area contributed by atoms with E-state index < -0.39 is 0 Å². The lowest BCUT2D eigenvalue weighted by atomic mass is 10.2. The van der Waals surface area contributed by atoms with Crippen molar-refractivity contribution in [3.63, 3.8) is 0 Å². The minimum Gasteiger partial charge on any atom is -0.326 e. The third-order valence-corrected chi connectivity index (χ3v) is 2.73. The van der Waals surface area contributed by atoms with E-state index in [1.54, 1.807) is 4.90 Å². The van der Waals surface area contributed by atoms with Crippen LogP contribution in [0.2, 0.25) is 0 Å². The lowest BCUT2D eigenvalue weighted by molar-refractivity contribution is 0.190. The summed E-state index contributed by atoms with van der Waals surface area (Å²) in [5.74, 6) is 0.687. The highest BCUT2D eigenvalue weighted by Crippen LogP contribution is 2.05. The molecule has 15 heavy (non-hydrogen) atoms. The van der Waals surface area contributed by atoms with E-state index in [9.17, 15) is 4.79 Å². The summed E-state index contributed by atoms with van der Waals surface area (Å²) in [6.07, 6.45) is 0. The zero-order chi connectivity index (χ0) is 11.4. The van der Waals surface area contributed by atoms with Crippen molar-refractivity contribution in [2.75, 3.05) is 46.8 Å². The fourth-order valence-corrected chi connectivity index (χ4v) is 1.92. The van der Waals surface area contributed by atoms with Crippen LogP contribution in [0.4, 0.5) is 4.79 Å². The highest BCUT2D eigenvalue weighted by Gasteiger charge is 2.24. The number of hydrogen-bond donors (Lipinski definition) is 0. The quantitative estimate of drug-likeness (QED) is 0.679. The second-order valence-corrected chi connectivity index (χ2v) is 4.85. The highest BCUT2D eigenvalue weighted by molar-refractivity contribution is 5.76. The van der Waals surface area contributed by atoms with Gasteiger partial charge in [0.25, 0.3) is 0 Å². The Hall–Kier alpha value is -0.770. The van der Waals surface area contributed by atoms with Gasteiger partial charge in [-0.15, -0.1) is 0 Å². The second kappa shape index (κ2) is 5.35. The van der Waals surface area contributed by atoms with Crippen LogP contribution in [-0.4, -0.2) is 67.5 Å². The van der Waals surface area contributed by atoms with Crippen LogP contribution < -0.4 is 0 Å². The van der Waals surface area contributed by atoms with Gasteiger partial charge in [0.2, 0.25) is 0 Å². The van der Waals surface area contributed by atoms with Crippen molar-refractivity contribution in [2.45, 2.75) is 13.8 Å². The Bertz CT molecular complexity index is 218. The molecule has 0 aromatic carbocycles. The number of carbonyl (C=O) groups is 1. The van der Waals surface area contributed by atoms with Crippen molar-refractivity contribution in [3.8, 4) is 0 Å². The second-order valence-electron chi connectivity index (χ2n) is 4.85. The van der Waals surface area contributed by atoms with Gasteiger partial charge in [0.15, 0.2) is 0 Å². The van der Waals surface area contributed by atoms with E-state index in [-0.39, 0.29) is 6.03 Å². The molecule has 4 nitrogen and oxygen atoms in total. The summed E-state index contributed by atoms with van der Waals surface area (Å²) < 4.78 is 0. The van der Waals surface area contributed by atoms with Gasteiger partial charge in [-0.05, 0) is 13.0 Å². The Morgan fingerprint density at radius 3 is 2.53 bits per heavy atom. The fraction of sp³-hybridized carbons (Fsp3) is 0.909. The highest BCUT2D eigenvalue weighted by atomic mass is 16.2. The number of nitrogens with zero attached hydrogens (tertiary/aromatic N) is 3. The standard InChI is InChI=1S/C11H23N3O/c1-10(2)9-12(3)5-7-14-8-6-13(4)11(14)15/h10H,5-9H2,1-4H3. The molecule has 0 atom stereocenters. The zero-order valence-electron chi connectivity index (χ0n) is 10.4. The van der Waals surface area contributed by atoms with Gasteiger partial charge in [0.05, 0.1) is 0 Å². The van der Waals surface area contributed by atoms with Gasteiger partial charge in [0.1, 0.15) is 0 Å². The Morgan fingerprint density at radius 1 is 1.40 bits per heavy atom. The SMILES string of the molecule is CC(C)CN(C)CCN1CCN(C)C1=O. The van der Waals surface area contributed by atoms with Gasteiger partial charge in [-0.3, -0.25) is 0 Å². The van der Waals surface area contributed by atoms with E-state index in [0.717, 1.165) is 32.7 Å². The van der Waals surface area contributed by atoms with Crippen molar-refractivity contribution in [2.24, 2.45) is 5.92 Å². The molecule has 0 aromatic heterocycles. The van der Waals surface area contributed by atoms with Crippen molar-refractivity contribution in [1.82, 2.24) is 14.7 Å². The summed E-state index contributed by atoms with van der Waals surface area (Å²) in [5, 5.41) is 0. The molecule has 0 N–H and O–H groups in total. The number of amides is 2. The predicted molar refractivity (Wildman–Crippen MR) is 61.9 cm³/mol. The largest absolute Gasteiger partial charge is 0.326 e. The lowest BCUT2D eigenvalue weighted by Gasteiger charge is -2.22. The van der Waals surface area contributed by atoms with Crippen molar-refractivity contribution in [3.05, 3.63) is 0 Å². The third kappa shape index (κ3) is 3.70. The maximum atomic E-state index is 11.6. The monoisotopic (exact) mass is 213 g/mol. The summed E-state index contributed by atoms with van der Waals surface area (Å²) in [6, 6.07) is 0.174. The molecule has 0 aliphatic carbocycles. The van der Waals surface area contributed by atoms with Gasteiger partial charge in [-0.25, -0.2) is 4.79 Å². The Balaban J connectivity index is 2.23. The van der Waals surface area contributed by atoms with Crippen LogP contribution in [0, 0.1) is 5.92 Å². The van der Waals surface area contributed by atoms with Crippen LogP contribution in [-0.2, 0) is 0 Å². The summed E-state index contributed by atoms with van der Waals surface area (Å²) in [6.45, 7) is 9.09. The molecule has 88 valence electrons. The first-order valence-corrected chi connectivity index (χ1v) is 5.69. The van der Waals surface area contributed by atoms with Crippen LogP contribution in [0.3, 0.4) is 0 Å². The fourth-order valence-electron chi connectivity index (χ4n) is 1.92. The van der Waals surface area contributed by atoms with Crippen LogP contribution in [0.25, 0.3) is 0 Å². The molecule has 1 fully saturated rings. The lowest BCUT2D eigenvalue weighted by Crippen LogP contribution is -2.37. The van der Waals surface area contributed by atoms with Gasteiger partial charge in [-0.1, -0.05) is 13.8 Å². The van der Waals surface area contributed by atoms with Crippen molar-refractivity contribution < 1.29 is 4.79 Å². The van der Waals surface area contributed by atoms with Crippen molar-refractivity contribution in [1.29, 1.82) is 0 Å². The summed E-state index contributed by atoms with van der Waals surface area (Å²) in [7, 11) is 3.98. The van der Waals surface area contributed by atoms with Gasteiger partial charge in [-0.2, -0.15) is 0 Å². The van der Waals surface area contributed by atoms with Crippen LogP contribution >= 0.6 is 0 Å². The molecule has 0 unspecified atom stereocenters. The summed E-state index contributed by atoms with van der Waals surface area (Å²) in [5.41, 5.74) is 0. The molecule has 0 spiro atoms. The number of carbonyl (C=O) groups excluding carboxylic acids is 1. The van der Waals surface area contributed by atoms with E-state index >= 15 is 0 Å². The molecule has 1 rings (SSSR count). The molecule has 2 amide bonds. The maximum Gasteiger partial charge on any atom is 0.319 e. The molecule has 0 radical (unpaired) electrons. The van der Waals surface area contributed by atoms with E-state index in [4.69, 9.17) is 0 Å². The molecule has 1 saturated heterocycles. The Labute approximate surface area is 92.8 Å². The van der Waals surface area contributed by atoms with Crippen molar-refractivity contribution >= 4 is 6.03 Å². The first kappa shape index (κ1) is 12.3. The van der Waals surface area contributed by atoms with Gasteiger partial charge >= 0.3 is 6.03 Å². The molecule has 0 saturated carbocycles. The number of hydrogen-bond acceptors (Lipinski definition) is 2. The minimum atomic E-state index is 0.174.